The smallest absolute Gasteiger partial charge is 0.0642 e. The number of rotatable bonds is 3. The van der Waals surface area contributed by atoms with Crippen LogP contribution in [0.25, 0.3) is 0 Å². The zero-order chi connectivity index (χ0) is 7.23. The van der Waals surface area contributed by atoms with Crippen LogP contribution in [0.1, 0.15) is 6.92 Å². The summed E-state index contributed by atoms with van der Waals surface area (Å²) in [4.78, 5) is 0. The lowest BCUT2D eigenvalue weighted by Crippen LogP contribution is -2.44. The first-order valence-corrected chi connectivity index (χ1v) is 3.82. The molecule has 1 aliphatic rings. The van der Waals surface area contributed by atoms with Crippen LogP contribution in [0.5, 0.6) is 0 Å². The Hall–Kier alpha value is 0.170. The molecular formula is C7H16ClNO2. The van der Waals surface area contributed by atoms with Crippen LogP contribution in [0.15, 0.2) is 0 Å². The zero-order valence-corrected chi connectivity index (χ0v) is 7.65. The van der Waals surface area contributed by atoms with E-state index in [2.05, 4.69) is 5.32 Å². The molecule has 4 heteroatoms. The molecule has 1 heterocycles. The second-order valence-electron chi connectivity index (χ2n) is 2.39. The van der Waals surface area contributed by atoms with Crippen molar-refractivity contribution in [3.05, 3.63) is 0 Å². The molecule has 0 saturated carbocycles. The molecule has 3 nitrogen and oxygen atoms in total. The summed E-state index contributed by atoms with van der Waals surface area (Å²) in [7, 11) is 0. The third-order valence-electron chi connectivity index (χ3n) is 1.52. The SMILES string of the molecule is CCOC[C@H]1COCCN1.Cl. The van der Waals surface area contributed by atoms with Crippen molar-refractivity contribution in [3.8, 4) is 0 Å². The van der Waals surface area contributed by atoms with Crippen molar-refractivity contribution in [2.45, 2.75) is 13.0 Å². The molecule has 0 radical (unpaired) electrons. The van der Waals surface area contributed by atoms with Gasteiger partial charge in [-0.25, -0.2) is 0 Å². The van der Waals surface area contributed by atoms with Crippen molar-refractivity contribution in [2.24, 2.45) is 0 Å². The third kappa shape index (κ3) is 4.58. The van der Waals surface area contributed by atoms with Crippen molar-refractivity contribution in [2.75, 3.05) is 33.0 Å². The van der Waals surface area contributed by atoms with Gasteiger partial charge in [-0.15, -0.1) is 12.4 Å². The van der Waals surface area contributed by atoms with Crippen molar-refractivity contribution < 1.29 is 9.47 Å². The lowest BCUT2D eigenvalue weighted by atomic mass is 10.3. The first kappa shape index (κ1) is 11.2. The van der Waals surface area contributed by atoms with Crippen LogP contribution in [0.4, 0.5) is 0 Å². The fraction of sp³-hybridized carbons (Fsp3) is 1.00. The Balaban J connectivity index is 0.000001000. The molecule has 1 N–H and O–H groups in total. The summed E-state index contributed by atoms with van der Waals surface area (Å²) in [5, 5.41) is 3.30. The van der Waals surface area contributed by atoms with Gasteiger partial charge in [0, 0.05) is 13.2 Å². The minimum absolute atomic E-state index is 0. The van der Waals surface area contributed by atoms with E-state index < -0.39 is 0 Å². The number of hydrogen-bond donors (Lipinski definition) is 1. The third-order valence-corrected chi connectivity index (χ3v) is 1.52. The van der Waals surface area contributed by atoms with Crippen LogP contribution >= 0.6 is 12.4 Å². The van der Waals surface area contributed by atoms with Gasteiger partial charge >= 0.3 is 0 Å². The number of halogens is 1. The lowest BCUT2D eigenvalue weighted by Gasteiger charge is -2.23. The maximum absolute atomic E-state index is 5.24. The molecule has 11 heavy (non-hydrogen) atoms. The Morgan fingerprint density at radius 3 is 3.00 bits per heavy atom. The topological polar surface area (TPSA) is 30.5 Å². The maximum atomic E-state index is 5.24. The van der Waals surface area contributed by atoms with Gasteiger partial charge in [0.05, 0.1) is 25.9 Å². The number of nitrogens with one attached hydrogen (secondary N) is 1. The fourth-order valence-electron chi connectivity index (χ4n) is 0.987. The molecule has 0 aliphatic carbocycles. The minimum atomic E-state index is 0. The molecule has 0 spiro atoms. The van der Waals surface area contributed by atoms with Crippen LogP contribution < -0.4 is 5.32 Å². The van der Waals surface area contributed by atoms with E-state index in [1.807, 2.05) is 6.92 Å². The summed E-state index contributed by atoms with van der Waals surface area (Å²) in [5.41, 5.74) is 0. The number of ether oxygens (including phenoxy) is 2. The Morgan fingerprint density at radius 2 is 2.45 bits per heavy atom. The molecule has 1 atom stereocenters. The molecule has 0 aromatic rings. The normalized spacial score (nSPS) is 24.3. The highest BCUT2D eigenvalue weighted by atomic mass is 35.5. The lowest BCUT2D eigenvalue weighted by molar-refractivity contribution is 0.0325. The average molecular weight is 182 g/mol. The van der Waals surface area contributed by atoms with Gasteiger partial charge in [-0.05, 0) is 6.92 Å². The van der Waals surface area contributed by atoms with Gasteiger partial charge in [0.1, 0.15) is 0 Å². The molecule has 68 valence electrons. The van der Waals surface area contributed by atoms with Crippen LogP contribution in [0.3, 0.4) is 0 Å². The molecular weight excluding hydrogens is 166 g/mol. The van der Waals surface area contributed by atoms with Crippen molar-refractivity contribution in [3.63, 3.8) is 0 Å². The maximum Gasteiger partial charge on any atom is 0.0642 e. The van der Waals surface area contributed by atoms with E-state index in [0.29, 0.717) is 6.04 Å². The Labute approximate surface area is 73.9 Å². The van der Waals surface area contributed by atoms with Crippen LogP contribution in [-0.4, -0.2) is 39.0 Å². The zero-order valence-electron chi connectivity index (χ0n) is 6.84. The summed E-state index contributed by atoms with van der Waals surface area (Å²) >= 11 is 0. The molecule has 1 rings (SSSR count). The van der Waals surface area contributed by atoms with Gasteiger partial charge in [0.2, 0.25) is 0 Å². The van der Waals surface area contributed by atoms with Gasteiger partial charge in [-0.1, -0.05) is 0 Å². The van der Waals surface area contributed by atoms with Gasteiger partial charge in [0.25, 0.3) is 0 Å². The molecule has 0 aromatic heterocycles. The quantitative estimate of drug-likeness (QED) is 0.685. The van der Waals surface area contributed by atoms with Crippen molar-refractivity contribution in [1.29, 1.82) is 0 Å². The average Bonchev–Trinajstić information content (AvgIpc) is 2.03. The van der Waals surface area contributed by atoms with E-state index in [4.69, 9.17) is 9.47 Å². The predicted molar refractivity (Wildman–Crippen MR) is 46.4 cm³/mol. The predicted octanol–water partition coefficient (Wildman–Crippen LogP) is 0.433. The van der Waals surface area contributed by atoms with Gasteiger partial charge in [0.15, 0.2) is 0 Å². The highest BCUT2D eigenvalue weighted by Crippen LogP contribution is 1.92. The van der Waals surface area contributed by atoms with E-state index in [-0.39, 0.29) is 12.4 Å². The minimum Gasteiger partial charge on any atom is -0.380 e. The second-order valence-corrected chi connectivity index (χ2v) is 2.39. The van der Waals surface area contributed by atoms with Gasteiger partial charge in [-0.2, -0.15) is 0 Å². The second kappa shape index (κ2) is 6.85. The molecule has 1 saturated heterocycles. The van der Waals surface area contributed by atoms with Crippen molar-refractivity contribution >= 4 is 12.4 Å². The van der Waals surface area contributed by atoms with Crippen LogP contribution in [0, 0.1) is 0 Å². The van der Waals surface area contributed by atoms with E-state index in [1.54, 1.807) is 0 Å². The highest BCUT2D eigenvalue weighted by Gasteiger charge is 2.11. The molecule has 0 aromatic carbocycles. The van der Waals surface area contributed by atoms with E-state index in [0.717, 1.165) is 33.0 Å². The summed E-state index contributed by atoms with van der Waals surface area (Å²) < 4.78 is 10.5. The van der Waals surface area contributed by atoms with Gasteiger partial charge < -0.3 is 14.8 Å². The van der Waals surface area contributed by atoms with Crippen molar-refractivity contribution in [1.82, 2.24) is 5.32 Å². The molecule has 0 unspecified atom stereocenters. The molecule has 0 bridgehead atoms. The van der Waals surface area contributed by atoms with Crippen LogP contribution in [0.2, 0.25) is 0 Å². The van der Waals surface area contributed by atoms with Gasteiger partial charge in [-0.3, -0.25) is 0 Å². The highest BCUT2D eigenvalue weighted by molar-refractivity contribution is 5.85. The Morgan fingerprint density at radius 1 is 1.64 bits per heavy atom. The summed E-state index contributed by atoms with van der Waals surface area (Å²) in [6, 6.07) is 0.411. The summed E-state index contributed by atoms with van der Waals surface area (Å²) in [6.45, 7) is 6.15. The first-order chi connectivity index (χ1) is 4.93. The molecule has 1 fully saturated rings. The summed E-state index contributed by atoms with van der Waals surface area (Å²) in [6.07, 6.45) is 0. The monoisotopic (exact) mass is 181 g/mol. The van der Waals surface area contributed by atoms with Crippen LogP contribution in [-0.2, 0) is 9.47 Å². The van der Waals surface area contributed by atoms with E-state index in [1.165, 1.54) is 0 Å². The van der Waals surface area contributed by atoms with E-state index >= 15 is 0 Å². The fourth-order valence-corrected chi connectivity index (χ4v) is 0.987. The van der Waals surface area contributed by atoms with E-state index in [9.17, 15) is 0 Å². The first-order valence-electron chi connectivity index (χ1n) is 3.82. The Kier molecular flexibility index (Phi) is 6.96. The molecule has 1 aliphatic heterocycles. The molecule has 0 amide bonds. The number of hydrogen-bond acceptors (Lipinski definition) is 3. The standard InChI is InChI=1S/C7H15NO2.ClH/c1-2-9-5-7-6-10-4-3-8-7;/h7-8H,2-6H2,1H3;1H/t7-;/m0./s1. The largest absolute Gasteiger partial charge is 0.380 e. The number of morpholine rings is 1. The Bertz CT molecular complexity index is 86.5. The summed E-state index contributed by atoms with van der Waals surface area (Å²) in [5.74, 6) is 0.